The quantitative estimate of drug-likeness (QED) is 0.706. The van der Waals surface area contributed by atoms with Crippen molar-refractivity contribution >= 4 is 23.6 Å². The second kappa shape index (κ2) is 5.98. The average Bonchev–Trinajstić information content (AvgIpc) is 2.80. The molecule has 0 N–H and O–H groups in total. The van der Waals surface area contributed by atoms with Crippen molar-refractivity contribution in [3.63, 3.8) is 0 Å². The molecule has 0 bridgehead atoms. The van der Waals surface area contributed by atoms with Crippen molar-refractivity contribution in [1.29, 1.82) is 0 Å². The molecule has 4 amide bonds. The smallest absolute Gasteiger partial charge is 0.253 e. The Bertz CT molecular complexity index is 464. The van der Waals surface area contributed by atoms with E-state index in [1.54, 1.807) is 0 Å². The topological polar surface area (TPSA) is 74.8 Å². The van der Waals surface area contributed by atoms with E-state index in [0.717, 1.165) is 9.80 Å². The third-order valence-corrected chi connectivity index (χ3v) is 3.53. The van der Waals surface area contributed by atoms with E-state index < -0.39 is 11.8 Å². The molecule has 0 aromatic rings. The molecule has 1 saturated heterocycles. The van der Waals surface area contributed by atoms with Crippen LogP contribution in [0.25, 0.3) is 0 Å². The molecule has 2 aliphatic heterocycles. The highest BCUT2D eigenvalue weighted by Gasteiger charge is 2.40. The largest absolute Gasteiger partial charge is 0.281 e. The molecule has 2 rings (SSSR count). The Kier molecular flexibility index (Phi) is 4.81. The fourth-order valence-electron chi connectivity index (χ4n) is 2.32. The van der Waals surface area contributed by atoms with Crippen LogP contribution in [-0.4, -0.2) is 46.5 Å². The molecular weight excluding hydrogens is 260 g/mol. The lowest BCUT2D eigenvalue weighted by Crippen LogP contribution is -2.41. The molecule has 0 aromatic carbocycles. The molecule has 1 unspecified atom stereocenters. The van der Waals surface area contributed by atoms with Crippen LogP contribution in [0.15, 0.2) is 12.2 Å². The van der Waals surface area contributed by atoms with Crippen molar-refractivity contribution in [2.24, 2.45) is 11.8 Å². The molecule has 0 aromatic heterocycles. The lowest BCUT2D eigenvalue weighted by molar-refractivity contribution is -0.143. The number of hydrogen-bond acceptors (Lipinski definition) is 4. The van der Waals surface area contributed by atoms with Crippen LogP contribution in [0.4, 0.5) is 0 Å². The minimum atomic E-state index is -0.399. The SMILES string of the molecule is C.CC(C)C1CC(=O)N(CCN2C(=O)C=CC2=O)C1=O. The van der Waals surface area contributed by atoms with Gasteiger partial charge in [0.2, 0.25) is 11.8 Å². The summed E-state index contributed by atoms with van der Waals surface area (Å²) in [6.07, 6.45) is 2.59. The summed E-state index contributed by atoms with van der Waals surface area (Å²) in [5.74, 6) is -1.40. The molecule has 6 nitrogen and oxygen atoms in total. The number of nitrogens with zero attached hydrogens (tertiary/aromatic N) is 2. The maximum Gasteiger partial charge on any atom is 0.253 e. The molecule has 0 aliphatic carbocycles. The first-order chi connectivity index (χ1) is 8.91. The monoisotopic (exact) mass is 280 g/mol. The average molecular weight is 280 g/mol. The number of likely N-dealkylation sites (tertiary alicyclic amines) is 1. The summed E-state index contributed by atoms with van der Waals surface area (Å²) in [5, 5.41) is 0. The minimum absolute atomic E-state index is 0. The van der Waals surface area contributed by atoms with Gasteiger partial charge in [0.25, 0.3) is 11.8 Å². The molecule has 2 heterocycles. The van der Waals surface area contributed by atoms with Crippen LogP contribution >= 0.6 is 0 Å². The van der Waals surface area contributed by atoms with Crippen LogP contribution in [0.5, 0.6) is 0 Å². The standard InChI is InChI=1S/C13H16N2O4.CH4/c1-8(2)9-7-12(18)15(13(9)19)6-5-14-10(16)3-4-11(14)17;/h3-4,8-9H,5-7H2,1-2H3;1H4. The number of carbonyl (C=O) groups excluding carboxylic acids is 4. The third kappa shape index (κ3) is 2.79. The predicted molar refractivity (Wildman–Crippen MR) is 72.3 cm³/mol. The maximum absolute atomic E-state index is 12.0. The van der Waals surface area contributed by atoms with Gasteiger partial charge in [0, 0.05) is 37.6 Å². The van der Waals surface area contributed by atoms with Crippen LogP contribution < -0.4 is 0 Å². The van der Waals surface area contributed by atoms with Crippen molar-refractivity contribution in [2.45, 2.75) is 27.7 Å². The van der Waals surface area contributed by atoms with Gasteiger partial charge in [0.15, 0.2) is 0 Å². The van der Waals surface area contributed by atoms with Gasteiger partial charge in [-0.2, -0.15) is 0 Å². The van der Waals surface area contributed by atoms with Gasteiger partial charge in [0.1, 0.15) is 0 Å². The van der Waals surface area contributed by atoms with E-state index >= 15 is 0 Å². The van der Waals surface area contributed by atoms with Crippen molar-refractivity contribution in [2.75, 3.05) is 13.1 Å². The lowest BCUT2D eigenvalue weighted by atomic mass is 9.94. The number of amides is 4. The van der Waals surface area contributed by atoms with Gasteiger partial charge in [-0.05, 0) is 5.92 Å². The summed E-state index contributed by atoms with van der Waals surface area (Å²) >= 11 is 0. The first-order valence-electron chi connectivity index (χ1n) is 6.29. The van der Waals surface area contributed by atoms with Crippen LogP contribution in [0, 0.1) is 11.8 Å². The second-order valence-corrected chi connectivity index (χ2v) is 5.10. The molecule has 20 heavy (non-hydrogen) atoms. The summed E-state index contributed by atoms with van der Waals surface area (Å²) < 4.78 is 0. The van der Waals surface area contributed by atoms with Gasteiger partial charge in [-0.1, -0.05) is 21.3 Å². The number of hydrogen-bond donors (Lipinski definition) is 0. The Morgan fingerprint density at radius 2 is 1.55 bits per heavy atom. The molecular formula is C14H20N2O4. The second-order valence-electron chi connectivity index (χ2n) is 5.10. The van der Waals surface area contributed by atoms with E-state index in [4.69, 9.17) is 0 Å². The molecule has 1 atom stereocenters. The van der Waals surface area contributed by atoms with Crippen LogP contribution in [0.1, 0.15) is 27.7 Å². The first kappa shape index (κ1) is 16.1. The summed E-state index contributed by atoms with van der Waals surface area (Å²) in [6.45, 7) is 3.95. The van der Waals surface area contributed by atoms with E-state index in [2.05, 4.69) is 0 Å². The zero-order valence-electron chi connectivity index (χ0n) is 11.0. The Morgan fingerprint density at radius 3 is 2.00 bits per heavy atom. The van der Waals surface area contributed by atoms with Crippen LogP contribution in [0.2, 0.25) is 0 Å². The third-order valence-electron chi connectivity index (χ3n) is 3.53. The fourth-order valence-corrected chi connectivity index (χ4v) is 2.32. The van der Waals surface area contributed by atoms with Gasteiger partial charge < -0.3 is 0 Å². The van der Waals surface area contributed by atoms with E-state index in [1.165, 1.54) is 12.2 Å². The number of carbonyl (C=O) groups is 4. The maximum atomic E-state index is 12.0. The number of imide groups is 2. The van der Waals surface area contributed by atoms with Crippen molar-refractivity contribution in [3.8, 4) is 0 Å². The van der Waals surface area contributed by atoms with Crippen molar-refractivity contribution < 1.29 is 19.2 Å². The lowest BCUT2D eigenvalue weighted by Gasteiger charge is -2.20. The first-order valence-corrected chi connectivity index (χ1v) is 6.29. The van der Waals surface area contributed by atoms with Gasteiger partial charge in [-0.15, -0.1) is 0 Å². The molecule has 110 valence electrons. The van der Waals surface area contributed by atoms with E-state index in [1.807, 2.05) is 13.8 Å². The zero-order valence-corrected chi connectivity index (χ0v) is 11.0. The molecule has 2 aliphatic rings. The Morgan fingerprint density at radius 1 is 1.05 bits per heavy atom. The highest BCUT2D eigenvalue weighted by molar-refractivity contribution is 6.13. The number of rotatable bonds is 4. The van der Waals surface area contributed by atoms with Gasteiger partial charge in [-0.3, -0.25) is 29.0 Å². The molecule has 0 saturated carbocycles. The molecule has 0 spiro atoms. The fraction of sp³-hybridized carbons (Fsp3) is 0.571. The molecule has 0 radical (unpaired) electrons. The van der Waals surface area contributed by atoms with Gasteiger partial charge in [0.05, 0.1) is 0 Å². The normalized spacial score (nSPS) is 22.2. The summed E-state index contributed by atoms with van der Waals surface area (Å²) in [7, 11) is 0. The summed E-state index contributed by atoms with van der Waals surface area (Å²) in [4.78, 5) is 48.7. The Hall–Kier alpha value is -1.98. The Balaban J connectivity index is 0.00000200. The van der Waals surface area contributed by atoms with Gasteiger partial charge in [-0.25, -0.2) is 0 Å². The molecule has 1 fully saturated rings. The van der Waals surface area contributed by atoms with Crippen LogP contribution in [0.3, 0.4) is 0 Å². The molecule has 6 heteroatoms. The zero-order chi connectivity index (χ0) is 14.2. The van der Waals surface area contributed by atoms with Crippen molar-refractivity contribution in [3.05, 3.63) is 12.2 Å². The van der Waals surface area contributed by atoms with Crippen molar-refractivity contribution in [1.82, 2.24) is 9.80 Å². The van der Waals surface area contributed by atoms with E-state index in [9.17, 15) is 19.2 Å². The Labute approximate surface area is 118 Å². The van der Waals surface area contributed by atoms with E-state index in [0.29, 0.717) is 0 Å². The highest BCUT2D eigenvalue weighted by atomic mass is 16.2. The van der Waals surface area contributed by atoms with E-state index in [-0.39, 0.29) is 50.6 Å². The minimum Gasteiger partial charge on any atom is -0.281 e. The predicted octanol–water partition coefficient (Wildman–Crippen LogP) is 0.579. The summed E-state index contributed by atoms with van der Waals surface area (Å²) in [5.41, 5.74) is 0. The van der Waals surface area contributed by atoms with Gasteiger partial charge >= 0.3 is 0 Å². The van der Waals surface area contributed by atoms with Crippen LogP contribution in [-0.2, 0) is 19.2 Å². The summed E-state index contributed by atoms with van der Waals surface area (Å²) in [6, 6.07) is 0. The highest BCUT2D eigenvalue weighted by Crippen LogP contribution is 2.26.